The van der Waals surface area contributed by atoms with Crippen LogP contribution in [0.4, 0.5) is 0 Å². The van der Waals surface area contributed by atoms with E-state index in [0.29, 0.717) is 30.1 Å². The number of aliphatic carboxylic acids is 2. The van der Waals surface area contributed by atoms with Crippen LogP contribution < -0.4 is 0 Å². The van der Waals surface area contributed by atoms with Gasteiger partial charge in [-0.1, -0.05) is 112 Å². The topological polar surface area (TPSA) is 74.6 Å². The van der Waals surface area contributed by atoms with Gasteiger partial charge >= 0.3 is 11.9 Å². The highest BCUT2D eigenvalue weighted by molar-refractivity contribution is 5.70. The van der Waals surface area contributed by atoms with Crippen molar-refractivity contribution in [3.63, 3.8) is 0 Å². The second-order valence-electron chi connectivity index (χ2n) is 10.8. The molecular formula is C28H54O4. The molecule has 0 heterocycles. The van der Waals surface area contributed by atoms with Crippen molar-refractivity contribution in [3.8, 4) is 0 Å². The van der Waals surface area contributed by atoms with Crippen molar-refractivity contribution >= 4 is 11.9 Å². The number of rotatable bonds is 22. The highest BCUT2D eigenvalue weighted by atomic mass is 16.4. The van der Waals surface area contributed by atoms with Gasteiger partial charge in [0.15, 0.2) is 0 Å². The van der Waals surface area contributed by atoms with Crippen LogP contribution in [0.2, 0.25) is 0 Å². The molecular weight excluding hydrogens is 400 g/mol. The van der Waals surface area contributed by atoms with Gasteiger partial charge in [-0.15, -0.1) is 0 Å². The quantitative estimate of drug-likeness (QED) is 0.161. The first-order valence-electron chi connectivity index (χ1n) is 13.6. The Hall–Kier alpha value is -1.06. The Bertz CT molecular complexity index is 472. The molecule has 0 aromatic carbocycles. The second kappa shape index (κ2) is 19.4. The maximum absolute atomic E-state index is 12.1. The van der Waals surface area contributed by atoms with Crippen molar-refractivity contribution in [1.82, 2.24) is 0 Å². The smallest absolute Gasteiger partial charge is 0.306 e. The van der Waals surface area contributed by atoms with Crippen molar-refractivity contribution in [2.75, 3.05) is 0 Å². The molecule has 32 heavy (non-hydrogen) atoms. The van der Waals surface area contributed by atoms with Gasteiger partial charge in [-0.05, 0) is 42.9 Å². The van der Waals surface area contributed by atoms with Gasteiger partial charge < -0.3 is 10.2 Å². The Morgan fingerprint density at radius 1 is 0.625 bits per heavy atom. The molecule has 0 rings (SSSR count). The molecule has 2 N–H and O–H groups in total. The number of hydrogen-bond acceptors (Lipinski definition) is 2. The first-order chi connectivity index (χ1) is 15.2. The number of unbranched alkanes of at least 4 members (excludes halogenated alkanes) is 8. The van der Waals surface area contributed by atoms with E-state index >= 15 is 0 Å². The van der Waals surface area contributed by atoms with Crippen LogP contribution in [0.5, 0.6) is 0 Å². The summed E-state index contributed by atoms with van der Waals surface area (Å²) in [6.07, 6.45) is 17.1. The number of carboxylic acids is 2. The van der Waals surface area contributed by atoms with E-state index in [9.17, 15) is 14.7 Å². The van der Waals surface area contributed by atoms with Gasteiger partial charge in [0.25, 0.3) is 0 Å². The van der Waals surface area contributed by atoms with Crippen LogP contribution in [0.15, 0.2) is 0 Å². The average molecular weight is 455 g/mol. The number of carbonyl (C=O) groups is 2. The van der Waals surface area contributed by atoms with E-state index in [1.165, 1.54) is 51.4 Å². The molecule has 190 valence electrons. The van der Waals surface area contributed by atoms with E-state index in [2.05, 4.69) is 34.6 Å². The molecule has 0 aromatic heterocycles. The maximum Gasteiger partial charge on any atom is 0.306 e. The van der Waals surface area contributed by atoms with Gasteiger partial charge in [-0.2, -0.15) is 0 Å². The van der Waals surface area contributed by atoms with Crippen LogP contribution in [0.3, 0.4) is 0 Å². The molecule has 4 nitrogen and oxygen atoms in total. The SMILES string of the molecule is CCC(C(CCCCCCCCCCCC(=O)O)CCC(C)C)C(CCC(C)C)C(=O)O. The first kappa shape index (κ1) is 30.9. The highest BCUT2D eigenvalue weighted by Gasteiger charge is 2.32. The van der Waals surface area contributed by atoms with Crippen LogP contribution in [-0.4, -0.2) is 22.2 Å². The molecule has 0 saturated heterocycles. The van der Waals surface area contributed by atoms with E-state index < -0.39 is 11.9 Å². The lowest BCUT2D eigenvalue weighted by atomic mass is 9.72. The van der Waals surface area contributed by atoms with Crippen molar-refractivity contribution in [2.24, 2.45) is 29.6 Å². The van der Waals surface area contributed by atoms with Crippen molar-refractivity contribution in [1.29, 1.82) is 0 Å². The Morgan fingerprint density at radius 2 is 1.09 bits per heavy atom. The molecule has 0 aliphatic heterocycles. The van der Waals surface area contributed by atoms with E-state index in [4.69, 9.17) is 5.11 Å². The van der Waals surface area contributed by atoms with E-state index in [-0.39, 0.29) is 5.92 Å². The van der Waals surface area contributed by atoms with Crippen LogP contribution in [-0.2, 0) is 9.59 Å². The monoisotopic (exact) mass is 454 g/mol. The lowest BCUT2D eigenvalue weighted by Crippen LogP contribution is -2.30. The summed E-state index contributed by atoms with van der Waals surface area (Å²) in [6.45, 7) is 11.1. The molecule has 0 aromatic rings. The van der Waals surface area contributed by atoms with Gasteiger partial charge in [0, 0.05) is 6.42 Å². The van der Waals surface area contributed by atoms with Crippen LogP contribution in [0, 0.1) is 29.6 Å². The zero-order valence-corrected chi connectivity index (χ0v) is 21.9. The predicted octanol–water partition coefficient (Wildman–Crippen LogP) is 8.58. The minimum atomic E-state index is -0.684. The third kappa shape index (κ3) is 16.6. The Kier molecular flexibility index (Phi) is 18.8. The third-order valence-electron chi connectivity index (χ3n) is 7.05. The van der Waals surface area contributed by atoms with E-state index in [1.54, 1.807) is 0 Å². The zero-order valence-electron chi connectivity index (χ0n) is 21.9. The molecule has 0 aliphatic rings. The van der Waals surface area contributed by atoms with Crippen molar-refractivity contribution < 1.29 is 19.8 Å². The van der Waals surface area contributed by atoms with Gasteiger partial charge in [-0.25, -0.2) is 0 Å². The minimum Gasteiger partial charge on any atom is -0.481 e. The molecule has 0 bridgehead atoms. The number of hydrogen-bond donors (Lipinski definition) is 2. The Balaban J connectivity index is 4.44. The van der Waals surface area contributed by atoms with Crippen LogP contribution in [0.1, 0.15) is 137 Å². The van der Waals surface area contributed by atoms with E-state index in [1.807, 2.05) is 0 Å². The van der Waals surface area contributed by atoms with Gasteiger partial charge in [0.2, 0.25) is 0 Å². The summed E-state index contributed by atoms with van der Waals surface area (Å²) in [5.74, 6) is 0.596. The molecule has 0 saturated carbocycles. The Morgan fingerprint density at radius 3 is 1.53 bits per heavy atom. The summed E-state index contributed by atoms with van der Waals surface area (Å²) in [5, 5.41) is 18.6. The summed E-state index contributed by atoms with van der Waals surface area (Å²) in [4.78, 5) is 22.6. The zero-order chi connectivity index (χ0) is 24.4. The van der Waals surface area contributed by atoms with Gasteiger partial charge in [0.1, 0.15) is 0 Å². The summed E-state index contributed by atoms with van der Waals surface area (Å²) >= 11 is 0. The summed E-state index contributed by atoms with van der Waals surface area (Å²) in [7, 11) is 0. The molecule has 0 spiro atoms. The first-order valence-corrected chi connectivity index (χ1v) is 13.6. The standard InChI is InChI=1S/C28H54O4/c1-6-25(26(28(31)32)21-19-23(4)5)24(20-18-22(2)3)16-14-12-10-8-7-9-11-13-15-17-27(29)30/h22-26H,6-21H2,1-5H3,(H,29,30)(H,31,32). The Labute approximate surface area is 199 Å². The molecule has 0 amide bonds. The van der Waals surface area contributed by atoms with Crippen molar-refractivity contribution in [2.45, 2.75) is 137 Å². The van der Waals surface area contributed by atoms with Crippen molar-refractivity contribution in [3.05, 3.63) is 0 Å². The lowest BCUT2D eigenvalue weighted by Gasteiger charge is -2.32. The van der Waals surface area contributed by atoms with Gasteiger partial charge in [-0.3, -0.25) is 9.59 Å². The highest BCUT2D eigenvalue weighted by Crippen LogP contribution is 2.36. The second-order valence-corrected chi connectivity index (χ2v) is 10.8. The summed E-state index contributed by atoms with van der Waals surface area (Å²) in [5.41, 5.74) is 0. The summed E-state index contributed by atoms with van der Waals surface area (Å²) in [6, 6.07) is 0. The fraction of sp³-hybridized carbons (Fsp3) is 0.929. The third-order valence-corrected chi connectivity index (χ3v) is 7.05. The molecule has 4 heteroatoms. The minimum absolute atomic E-state index is 0.194. The molecule has 0 radical (unpaired) electrons. The molecule has 3 atom stereocenters. The molecule has 0 aliphatic carbocycles. The summed E-state index contributed by atoms with van der Waals surface area (Å²) < 4.78 is 0. The van der Waals surface area contributed by atoms with E-state index in [0.717, 1.165) is 44.9 Å². The molecule has 0 fully saturated rings. The predicted molar refractivity (Wildman–Crippen MR) is 135 cm³/mol. The fourth-order valence-corrected chi connectivity index (χ4v) is 5.02. The van der Waals surface area contributed by atoms with Gasteiger partial charge in [0.05, 0.1) is 5.92 Å². The largest absolute Gasteiger partial charge is 0.481 e. The molecule has 3 unspecified atom stereocenters. The van der Waals surface area contributed by atoms with Crippen LogP contribution >= 0.6 is 0 Å². The lowest BCUT2D eigenvalue weighted by molar-refractivity contribution is -0.145. The maximum atomic E-state index is 12.1. The number of carboxylic acid groups (broad SMARTS) is 2. The van der Waals surface area contributed by atoms with Crippen LogP contribution in [0.25, 0.3) is 0 Å². The fourth-order valence-electron chi connectivity index (χ4n) is 5.02. The average Bonchev–Trinajstić information content (AvgIpc) is 2.71. The normalized spacial score (nSPS) is 14.6.